The zero-order chi connectivity index (χ0) is 31.0. The number of hydrogen-bond acceptors (Lipinski definition) is 4. The minimum atomic E-state index is -3.59. The largest absolute Gasteiger partial charge is 0.352 e. The molecule has 0 aliphatic heterocycles. The molecule has 1 aliphatic rings. The topological polar surface area (TPSA) is 86.8 Å². The number of nitrogens with one attached hydrogen (secondary N) is 1. The molecule has 43 heavy (non-hydrogen) atoms. The fourth-order valence-electron chi connectivity index (χ4n) is 5.72. The van der Waals surface area contributed by atoms with Gasteiger partial charge >= 0.3 is 0 Å². The van der Waals surface area contributed by atoms with Crippen LogP contribution in [0.4, 0.5) is 5.69 Å². The van der Waals surface area contributed by atoms with Gasteiger partial charge in [0.05, 0.1) is 11.9 Å². The number of benzene rings is 3. The fourth-order valence-corrected chi connectivity index (χ4v) is 6.93. The predicted octanol–water partition coefficient (Wildman–Crippen LogP) is 6.20. The number of carbonyl (C=O) groups is 2. The first-order valence-corrected chi connectivity index (χ1v) is 17.2. The van der Waals surface area contributed by atoms with Crippen molar-refractivity contribution in [2.45, 2.75) is 77.4 Å². The number of halogens is 1. The number of amides is 2. The Balaban J connectivity index is 1.61. The standard InChI is InChI=1S/C34H42ClN3O4S/c1-25-13-11-20-31(26(25)2)38(43(3,41)42)22-12-21-33(39)37(24-28-16-7-10-19-30(28)35)32(23-27-14-5-4-6-15-27)34(40)36-29-17-8-9-18-29/h4-7,10-11,13-16,19-20,29,32H,8-9,12,17-18,21-24H2,1-3H3,(H,36,40). The van der Waals surface area contributed by atoms with Crippen LogP contribution < -0.4 is 9.62 Å². The summed E-state index contributed by atoms with van der Waals surface area (Å²) >= 11 is 6.53. The summed E-state index contributed by atoms with van der Waals surface area (Å²) in [5, 5.41) is 3.73. The molecule has 1 fully saturated rings. The predicted molar refractivity (Wildman–Crippen MR) is 174 cm³/mol. The van der Waals surface area contributed by atoms with Gasteiger partial charge in [-0.1, -0.05) is 85.1 Å². The van der Waals surface area contributed by atoms with Gasteiger partial charge in [-0.25, -0.2) is 8.42 Å². The van der Waals surface area contributed by atoms with Crippen LogP contribution in [0, 0.1) is 13.8 Å². The first kappa shape index (κ1) is 32.6. The van der Waals surface area contributed by atoms with Gasteiger partial charge in [0.2, 0.25) is 21.8 Å². The Morgan fingerprint density at radius 1 is 0.953 bits per heavy atom. The van der Waals surface area contributed by atoms with Crippen LogP contribution in [-0.2, 0) is 32.6 Å². The van der Waals surface area contributed by atoms with Gasteiger partial charge in [-0.3, -0.25) is 13.9 Å². The molecule has 0 saturated heterocycles. The molecule has 3 aromatic carbocycles. The van der Waals surface area contributed by atoms with Crippen LogP contribution in [-0.4, -0.2) is 50.0 Å². The summed E-state index contributed by atoms with van der Waals surface area (Å²) in [5.41, 5.74) is 4.18. The summed E-state index contributed by atoms with van der Waals surface area (Å²) in [5.74, 6) is -0.402. The number of rotatable bonds is 13. The fraction of sp³-hybridized carbons (Fsp3) is 0.412. The van der Waals surface area contributed by atoms with Gasteiger partial charge in [0.15, 0.2) is 0 Å². The maximum atomic E-state index is 14.1. The van der Waals surface area contributed by atoms with E-state index in [4.69, 9.17) is 11.6 Å². The van der Waals surface area contributed by atoms with Crippen molar-refractivity contribution in [2.75, 3.05) is 17.1 Å². The van der Waals surface area contributed by atoms with Gasteiger partial charge in [-0.15, -0.1) is 0 Å². The van der Waals surface area contributed by atoms with E-state index in [-0.39, 0.29) is 37.4 Å². The third-order valence-electron chi connectivity index (χ3n) is 8.27. The second-order valence-corrected chi connectivity index (χ2v) is 13.8. The summed E-state index contributed by atoms with van der Waals surface area (Å²) in [6, 6.07) is 21.9. The molecule has 1 atom stereocenters. The molecule has 4 rings (SSSR count). The molecule has 1 unspecified atom stereocenters. The zero-order valence-electron chi connectivity index (χ0n) is 25.3. The normalized spacial score (nSPS) is 14.3. The minimum Gasteiger partial charge on any atom is -0.352 e. The van der Waals surface area contributed by atoms with E-state index in [0.29, 0.717) is 23.6 Å². The summed E-state index contributed by atoms with van der Waals surface area (Å²) in [6.45, 7) is 4.16. The maximum absolute atomic E-state index is 14.1. The van der Waals surface area contributed by atoms with Crippen LogP contribution in [0.2, 0.25) is 5.02 Å². The van der Waals surface area contributed by atoms with Crippen molar-refractivity contribution in [1.29, 1.82) is 0 Å². The van der Waals surface area contributed by atoms with Crippen molar-refractivity contribution in [3.8, 4) is 0 Å². The summed E-state index contributed by atoms with van der Waals surface area (Å²) in [7, 11) is -3.59. The molecule has 2 amide bonds. The van der Waals surface area contributed by atoms with Crippen LogP contribution in [0.15, 0.2) is 72.8 Å². The van der Waals surface area contributed by atoms with E-state index in [1.54, 1.807) is 17.0 Å². The molecule has 9 heteroatoms. The molecule has 0 aromatic heterocycles. The van der Waals surface area contributed by atoms with Gasteiger partial charge < -0.3 is 10.2 Å². The Hall–Kier alpha value is -3.36. The lowest BCUT2D eigenvalue weighted by Gasteiger charge is -2.33. The summed E-state index contributed by atoms with van der Waals surface area (Å²) in [4.78, 5) is 29.5. The molecule has 1 aliphatic carbocycles. The first-order valence-electron chi connectivity index (χ1n) is 15.0. The molecular formula is C34H42ClN3O4S. The molecular weight excluding hydrogens is 582 g/mol. The Kier molecular flexibility index (Phi) is 11.3. The van der Waals surface area contributed by atoms with Crippen molar-refractivity contribution in [3.63, 3.8) is 0 Å². The quantitative estimate of drug-likeness (QED) is 0.246. The number of anilines is 1. The van der Waals surface area contributed by atoms with Gasteiger partial charge in [-0.05, 0) is 67.5 Å². The van der Waals surface area contributed by atoms with E-state index in [0.717, 1.165) is 47.9 Å². The van der Waals surface area contributed by atoms with E-state index in [9.17, 15) is 18.0 Å². The molecule has 0 spiro atoms. The third-order valence-corrected chi connectivity index (χ3v) is 9.82. The highest BCUT2D eigenvalue weighted by Crippen LogP contribution is 2.26. The smallest absolute Gasteiger partial charge is 0.243 e. The van der Waals surface area contributed by atoms with E-state index >= 15 is 0 Å². The molecule has 7 nitrogen and oxygen atoms in total. The van der Waals surface area contributed by atoms with Crippen molar-refractivity contribution >= 4 is 39.1 Å². The number of hydrogen-bond donors (Lipinski definition) is 1. The Morgan fingerprint density at radius 3 is 2.30 bits per heavy atom. The Morgan fingerprint density at radius 2 is 1.63 bits per heavy atom. The minimum absolute atomic E-state index is 0.0728. The first-order chi connectivity index (χ1) is 20.5. The Labute approximate surface area is 261 Å². The van der Waals surface area contributed by atoms with Crippen LogP contribution >= 0.6 is 11.6 Å². The highest BCUT2D eigenvalue weighted by molar-refractivity contribution is 7.92. The number of carbonyl (C=O) groups excluding carboxylic acids is 2. The van der Waals surface area contributed by atoms with E-state index in [1.807, 2.05) is 74.5 Å². The van der Waals surface area contributed by atoms with E-state index in [1.165, 1.54) is 10.6 Å². The SMILES string of the molecule is Cc1cccc(N(CCCC(=O)N(Cc2ccccc2Cl)C(Cc2ccccc2)C(=O)NC2CCCC2)S(C)(=O)=O)c1C. The molecule has 0 radical (unpaired) electrons. The number of aryl methyl sites for hydroxylation is 1. The van der Waals surface area contributed by atoms with Crippen molar-refractivity contribution < 1.29 is 18.0 Å². The van der Waals surface area contributed by atoms with Crippen LogP contribution in [0.3, 0.4) is 0 Å². The highest BCUT2D eigenvalue weighted by atomic mass is 35.5. The maximum Gasteiger partial charge on any atom is 0.243 e. The Bertz CT molecular complexity index is 1510. The van der Waals surface area contributed by atoms with Crippen molar-refractivity contribution in [1.82, 2.24) is 10.2 Å². The molecule has 1 N–H and O–H groups in total. The average Bonchev–Trinajstić information content (AvgIpc) is 3.48. The van der Waals surface area contributed by atoms with Gasteiger partial charge in [0, 0.05) is 37.0 Å². The van der Waals surface area contributed by atoms with Gasteiger partial charge in [0.1, 0.15) is 6.04 Å². The lowest BCUT2D eigenvalue weighted by Crippen LogP contribution is -2.52. The van der Waals surface area contributed by atoms with Crippen LogP contribution in [0.1, 0.15) is 60.8 Å². The monoisotopic (exact) mass is 623 g/mol. The third kappa shape index (κ3) is 8.83. The summed E-state index contributed by atoms with van der Waals surface area (Å²) < 4.78 is 27.0. The lowest BCUT2D eigenvalue weighted by atomic mass is 10.0. The van der Waals surface area contributed by atoms with E-state index < -0.39 is 16.1 Å². The zero-order valence-corrected chi connectivity index (χ0v) is 26.8. The molecule has 0 heterocycles. The lowest BCUT2D eigenvalue weighted by molar-refractivity contribution is -0.141. The van der Waals surface area contributed by atoms with Crippen molar-refractivity contribution in [3.05, 3.63) is 100 Å². The van der Waals surface area contributed by atoms with Gasteiger partial charge in [0.25, 0.3) is 0 Å². The van der Waals surface area contributed by atoms with Gasteiger partial charge in [-0.2, -0.15) is 0 Å². The van der Waals surface area contributed by atoms with Crippen LogP contribution in [0.5, 0.6) is 0 Å². The number of nitrogens with zero attached hydrogens (tertiary/aromatic N) is 2. The van der Waals surface area contributed by atoms with E-state index in [2.05, 4.69) is 5.32 Å². The molecule has 0 bridgehead atoms. The summed E-state index contributed by atoms with van der Waals surface area (Å²) in [6.07, 6.45) is 5.92. The molecule has 1 saturated carbocycles. The second kappa shape index (κ2) is 14.9. The average molecular weight is 624 g/mol. The molecule has 230 valence electrons. The number of sulfonamides is 1. The molecule has 3 aromatic rings. The second-order valence-electron chi connectivity index (χ2n) is 11.5. The van der Waals surface area contributed by atoms with Crippen LogP contribution in [0.25, 0.3) is 0 Å². The van der Waals surface area contributed by atoms with Crippen molar-refractivity contribution in [2.24, 2.45) is 0 Å². The highest BCUT2D eigenvalue weighted by Gasteiger charge is 2.32.